The van der Waals surface area contributed by atoms with Crippen LogP contribution >= 0.6 is 0 Å². The molecular weight excluding hydrogens is 320 g/mol. The summed E-state index contributed by atoms with van der Waals surface area (Å²) in [4.78, 5) is 7.19. The van der Waals surface area contributed by atoms with Gasteiger partial charge in [-0.2, -0.15) is 0 Å². The third-order valence-corrected chi connectivity index (χ3v) is 5.24. The summed E-state index contributed by atoms with van der Waals surface area (Å²) in [5.41, 5.74) is 5.00. The van der Waals surface area contributed by atoms with Crippen LogP contribution in [0.3, 0.4) is 0 Å². The van der Waals surface area contributed by atoms with Crippen molar-refractivity contribution in [2.75, 3.05) is 18.1 Å². The Bertz CT molecular complexity index is 795. The zero-order valence-electron chi connectivity index (χ0n) is 16.6. The van der Waals surface area contributed by atoms with Gasteiger partial charge in [0.1, 0.15) is 11.4 Å². The van der Waals surface area contributed by atoms with Gasteiger partial charge in [0.15, 0.2) is 0 Å². The van der Waals surface area contributed by atoms with E-state index in [1.165, 1.54) is 17.7 Å². The Balaban J connectivity index is 1.92. The number of nitrogens with zero attached hydrogens (tertiary/aromatic N) is 2. The molecular formula is C23H30N2O. The number of hydrogen-bond acceptors (Lipinski definition) is 3. The van der Waals surface area contributed by atoms with Gasteiger partial charge in [0.05, 0.1) is 6.61 Å². The largest absolute Gasteiger partial charge is 0.492 e. The van der Waals surface area contributed by atoms with Gasteiger partial charge in [-0.15, -0.1) is 0 Å². The lowest BCUT2D eigenvalue weighted by Gasteiger charge is -2.47. The number of benzene rings is 2. The Kier molecular flexibility index (Phi) is 5.36. The van der Waals surface area contributed by atoms with Crippen LogP contribution in [0.4, 0.5) is 11.4 Å². The molecule has 0 amide bonds. The monoisotopic (exact) mass is 350 g/mol. The minimum Gasteiger partial charge on any atom is -0.492 e. The van der Waals surface area contributed by atoms with Crippen molar-refractivity contribution in [2.24, 2.45) is 4.99 Å². The van der Waals surface area contributed by atoms with Gasteiger partial charge in [-0.05, 0) is 75.4 Å². The minimum absolute atomic E-state index is 0.202. The second-order valence-corrected chi connectivity index (χ2v) is 7.64. The van der Waals surface area contributed by atoms with Crippen molar-refractivity contribution >= 4 is 17.6 Å². The molecule has 1 aliphatic rings. The molecule has 0 radical (unpaired) electrons. The topological polar surface area (TPSA) is 24.8 Å². The summed E-state index contributed by atoms with van der Waals surface area (Å²) in [5, 5.41) is 0. The van der Waals surface area contributed by atoms with Gasteiger partial charge in [0.25, 0.3) is 0 Å². The van der Waals surface area contributed by atoms with E-state index in [9.17, 15) is 0 Å². The molecule has 1 aliphatic heterocycles. The first-order chi connectivity index (χ1) is 12.5. The molecule has 0 N–H and O–H groups in total. The van der Waals surface area contributed by atoms with Crippen molar-refractivity contribution in [1.29, 1.82) is 0 Å². The van der Waals surface area contributed by atoms with Crippen LogP contribution in [-0.2, 0) is 0 Å². The highest BCUT2D eigenvalue weighted by Crippen LogP contribution is 2.43. The molecule has 1 atom stereocenters. The highest BCUT2D eigenvalue weighted by atomic mass is 16.5. The Hall–Kier alpha value is -2.29. The Morgan fingerprint density at radius 2 is 1.96 bits per heavy atom. The number of rotatable bonds is 5. The smallest absolute Gasteiger partial charge is 0.144 e. The summed E-state index contributed by atoms with van der Waals surface area (Å²) in [5.74, 6) is 1.38. The van der Waals surface area contributed by atoms with Crippen molar-refractivity contribution in [3.8, 4) is 5.75 Å². The van der Waals surface area contributed by atoms with Crippen LogP contribution in [0.25, 0.3) is 0 Å². The summed E-state index contributed by atoms with van der Waals surface area (Å²) in [6.07, 6.45) is 3.11. The van der Waals surface area contributed by atoms with Gasteiger partial charge in [-0.3, -0.25) is 4.99 Å². The van der Waals surface area contributed by atoms with Crippen molar-refractivity contribution in [3.05, 3.63) is 53.6 Å². The summed E-state index contributed by atoms with van der Waals surface area (Å²) >= 11 is 0. The molecule has 0 aromatic heterocycles. The van der Waals surface area contributed by atoms with Crippen LogP contribution in [0.2, 0.25) is 0 Å². The molecule has 26 heavy (non-hydrogen) atoms. The minimum atomic E-state index is 0.202. The fraction of sp³-hybridized carbons (Fsp3) is 0.435. The quantitative estimate of drug-likeness (QED) is 0.623. The highest BCUT2D eigenvalue weighted by molar-refractivity contribution is 5.84. The molecule has 2 aromatic carbocycles. The van der Waals surface area contributed by atoms with Crippen molar-refractivity contribution in [2.45, 2.75) is 52.5 Å². The highest BCUT2D eigenvalue weighted by Gasteiger charge is 2.35. The lowest BCUT2D eigenvalue weighted by Crippen LogP contribution is -2.48. The number of hydrogen-bond donors (Lipinski definition) is 0. The van der Waals surface area contributed by atoms with Gasteiger partial charge in [-0.1, -0.05) is 25.1 Å². The summed E-state index contributed by atoms with van der Waals surface area (Å²) < 4.78 is 5.66. The number of para-hydroxylation sites is 2. The first-order valence-electron chi connectivity index (χ1n) is 9.63. The van der Waals surface area contributed by atoms with Gasteiger partial charge >= 0.3 is 0 Å². The predicted molar refractivity (Wildman–Crippen MR) is 111 cm³/mol. The molecule has 0 saturated carbocycles. The lowest BCUT2D eigenvalue weighted by atomic mass is 9.79. The van der Waals surface area contributed by atoms with Gasteiger partial charge in [0.2, 0.25) is 0 Å². The second-order valence-electron chi connectivity index (χ2n) is 7.64. The van der Waals surface area contributed by atoms with E-state index in [2.05, 4.69) is 55.8 Å². The van der Waals surface area contributed by atoms with E-state index >= 15 is 0 Å². The van der Waals surface area contributed by atoms with E-state index in [4.69, 9.17) is 4.74 Å². The Morgan fingerprint density at radius 3 is 2.69 bits per heavy atom. The predicted octanol–water partition coefficient (Wildman–Crippen LogP) is 5.95. The SMILES string of the molecule is CCOc1ccccc1N=Cc1ccc2c(c1)C(C)CC(C)(C)N2CC. The van der Waals surface area contributed by atoms with Crippen LogP contribution < -0.4 is 9.64 Å². The van der Waals surface area contributed by atoms with Gasteiger partial charge in [0, 0.05) is 24.0 Å². The summed E-state index contributed by atoms with van der Waals surface area (Å²) in [6.45, 7) is 12.9. The van der Waals surface area contributed by atoms with Crippen molar-refractivity contribution in [1.82, 2.24) is 0 Å². The van der Waals surface area contributed by atoms with Crippen LogP contribution in [-0.4, -0.2) is 24.9 Å². The molecule has 3 nitrogen and oxygen atoms in total. The molecule has 3 heteroatoms. The maximum Gasteiger partial charge on any atom is 0.144 e. The molecule has 138 valence electrons. The zero-order chi connectivity index (χ0) is 18.7. The molecule has 1 unspecified atom stereocenters. The van der Waals surface area contributed by atoms with E-state index in [0.29, 0.717) is 12.5 Å². The fourth-order valence-corrected chi connectivity index (χ4v) is 4.17. The Morgan fingerprint density at radius 1 is 1.19 bits per heavy atom. The summed E-state index contributed by atoms with van der Waals surface area (Å²) in [7, 11) is 0. The first-order valence-corrected chi connectivity index (χ1v) is 9.63. The molecule has 0 spiro atoms. The number of ether oxygens (including phenoxy) is 1. The van der Waals surface area contributed by atoms with E-state index in [0.717, 1.165) is 23.5 Å². The van der Waals surface area contributed by atoms with E-state index in [1.54, 1.807) is 0 Å². The van der Waals surface area contributed by atoms with Crippen molar-refractivity contribution < 1.29 is 4.74 Å². The average molecular weight is 351 g/mol. The zero-order valence-corrected chi connectivity index (χ0v) is 16.6. The van der Waals surface area contributed by atoms with Crippen LogP contribution in [0.15, 0.2) is 47.5 Å². The molecule has 3 rings (SSSR count). The number of fused-ring (bicyclic) bond motifs is 1. The molecule has 0 saturated heterocycles. The van der Waals surface area contributed by atoms with Gasteiger partial charge in [-0.25, -0.2) is 0 Å². The first kappa shape index (κ1) is 18.5. The molecule has 1 heterocycles. The maximum absolute atomic E-state index is 5.66. The lowest BCUT2D eigenvalue weighted by molar-refractivity contribution is 0.341. The van der Waals surface area contributed by atoms with Crippen LogP contribution in [0.1, 0.15) is 58.1 Å². The average Bonchev–Trinajstić information content (AvgIpc) is 2.61. The standard InChI is InChI=1S/C23H30N2O/c1-6-25-21-13-12-18(14-19(21)17(3)15-23(25,4)5)16-24-20-10-8-9-11-22(20)26-7-2/h8-14,16-17H,6-7,15H2,1-5H3. The fourth-order valence-electron chi connectivity index (χ4n) is 4.17. The van der Waals surface area contributed by atoms with E-state index in [-0.39, 0.29) is 5.54 Å². The van der Waals surface area contributed by atoms with Crippen molar-refractivity contribution in [3.63, 3.8) is 0 Å². The summed E-state index contributed by atoms with van der Waals surface area (Å²) in [6, 6.07) is 14.6. The molecule has 0 fully saturated rings. The van der Waals surface area contributed by atoms with Crippen LogP contribution in [0.5, 0.6) is 5.75 Å². The number of anilines is 1. The van der Waals surface area contributed by atoms with E-state index in [1.807, 2.05) is 37.4 Å². The normalized spacial score (nSPS) is 18.8. The van der Waals surface area contributed by atoms with Gasteiger partial charge < -0.3 is 9.64 Å². The molecule has 0 bridgehead atoms. The van der Waals surface area contributed by atoms with E-state index < -0.39 is 0 Å². The molecule has 0 aliphatic carbocycles. The maximum atomic E-state index is 5.66. The second kappa shape index (κ2) is 7.53. The molecule has 2 aromatic rings. The third-order valence-electron chi connectivity index (χ3n) is 5.24. The Labute approximate surface area is 157 Å². The van der Waals surface area contributed by atoms with Crippen LogP contribution in [0, 0.1) is 0 Å². The third kappa shape index (κ3) is 3.62. The number of aliphatic imine (C=N–C) groups is 1.